The minimum Gasteiger partial charge on any atom is -0.437 e. The van der Waals surface area contributed by atoms with E-state index in [1.807, 2.05) is 24.3 Å². The molecule has 0 amide bonds. The fourth-order valence-electron chi connectivity index (χ4n) is 2.00. The summed E-state index contributed by atoms with van der Waals surface area (Å²) in [6.07, 6.45) is 0. The third-order valence-electron chi connectivity index (χ3n) is 2.99. The molecule has 1 aromatic carbocycles. The van der Waals surface area contributed by atoms with E-state index in [1.165, 1.54) is 12.1 Å². The van der Waals surface area contributed by atoms with E-state index >= 15 is 0 Å². The van der Waals surface area contributed by atoms with Crippen molar-refractivity contribution in [3.05, 3.63) is 47.9 Å². The third kappa shape index (κ3) is 3.92. The topological polar surface area (TPSA) is 60.2 Å². The average molecular weight is 319 g/mol. The minimum atomic E-state index is -0.642. The zero-order chi connectivity index (χ0) is 16.3. The number of pyridine rings is 1. The Labute approximate surface area is 134 Å². The van der Waals surface area contributed by atoms with Crippen LogP contribution in [-0.2, 0) is 5.41 Å². The molecule has 0 unspecified atom stereocenters. The Morgan fingerprint density at radius 2 is 1.91 bits per heavy atom. The molecule has 4 nitrogen and oxygen atoms in total. The van der Waals surface area contributed by atoms with E-state index in [0.29, 0.717) is 11.4 Å². The smallest absolute Gasteiger partial charge is 0.246 e. The van der Waals surface area contributed by atoms with Gasteiger partial charge in [0.2, 0.25) is 11.8 Å². The summed E-state index contributed by atoms with van der Waals surface area (Å²) in [6.45, 7) is 6.22. The van der Waals surface area contributed by atoms with Crippen LogP contribution < -0.4 is 15.8 Å². The van der Waals surface area contributed by atoms with E-state index in [0.717, 1.165) is 5.56 Å². The number of rotatable bonds is 3. The van der Waals surface area contributed by atoms with Crippen molar-refractivity contribution >= 4 is 23.0 Å². The zero-order valence-electron chi connectivity index (χ0n) is 12.7. The van der Waals surface area contributed by atoms with E-state index in [4.69, 9.17) is 22.7 Å². The molecule has 0 atom stereocenters. The maximum absolute atomic E-state index is 13.4. The van der Waals surface area contributed by atoms with Gasteiger partial charge in [-0.2, -0.15) is 9.37 Å². The molecule has 0 fully saturated rings. The molecular formula is C16H18FN3OS. The largest absolute Gasteiger partial charge is 0.437 e. The van der Waals surface area contributed by atoms with Crippen molar-refractivity contribution in [1.29, 1.82) is 0 Å². The first kappa shape index (κ1) is 16.2. The molecule has 0 spiro atoms. The summed E-state index contributed by atoms with van der Waals surface area (Å²) in [6, 6.07) is 10.3. The van der Waals surface area contributed by atoms with Crippen molar-refractivity contribution in [3.8, 4) is 11.6 Å². The summed E-state index contributed by atoms with van der Waals surface area (Å²) < 4.78 is 19.3. The molecule has 0 bridgehead atoms. The summed E-state index contributed by atoms with van der Waals surface area (Å²) in [7, 11) is 0. The van der Waals surface area contributed by atoms with Gasteiger partial charge < -0.3 is 15.8 Å². The lowest BCUT2D eigenvalue weighted by Gasteiger charge is -2.22. The van der Waals surface area contributed by atoms with Crippen LogP contribution in [0.25, 0.3) is 0 Å². The van der Waals surface area contributed by atoms with Crippen LogP contribution in [0.4, 0.5) is 10.1 Å². The van der Waals surface area contributed by atoms with E-state index in [9.17, 15) is 4.39 Å². The summed E-state index contributed by atoms with van der Waals surface area (Å²) in [4.78, 5) is 3.78. The van der Waals surface area contributed by atoms with Gasteiger partial charge in [-0.15, -0.1) is 0 Å². The van der Waals surface area contributed by atoms with Crippen LogP contribution >= 0.6 is 12.2 Å². The first-order valence-electron chi connectivity index (χ1n) is 6.78. The highest BCUT2D eigenvalue weighted by Gasteiger charge is 2.20. The number of nitrogens with two attached hydrogens (primary N) is 1. The summed E-state index contributed by atoms with van der Waals surface area (Å²) in [5, 5.41) is 2.79. The predicted octanol–water partition coefficient (Wildman–Crippen LogP) is 3.97. The molecule has 0 aliphatic heterocycles. The number of nitrogens with one attached hydrogen (secondary N) is 1. The maximum Gasteiger partial charge on any atom is 0.246 e. The Morgan fingerprint density at radius 3 is 2.55 bits per heavy atom. The van der Waals surface area contributed by atoms with E-state index < -0.39 is 5.95 Å². The number of aromatic nitrogens is 1. The number of anilines is 1. The first-order chi connectivity index (χ1) is 10.3. The van der Waals surface area contributed by atoms with Crippen LogP contribution in [0.5, 0.6) is 11.6 Å². The van der Waals surface area contributed by atoms with Gasteiger partial charge in [-0.05, 0) is 35.8 Å². The van der Waals surface area contributed by atoms with Crippen molar-refractivity contribution in [1.82, 2.24) is 4.98 Å². The van der Waals surface area contributed by atoms with Crippen LogP contribution in [0.3, 0.4) is 0 Å². The monoisotopic (exact) mass is 319 g/mol. The van der Waals surface area contributed by atoms with E-state index in [1.54, 1.807) is 0 Å². The Bertz CT molecular complexity index is 698. The van der Waals surface area contributed by atoms with Gasteiger partial charge in [0, 0.05) is 5.56 Å². The molecular weight excluding hydrogens is 301 g/mol. The summed E-state index contributed by atoms with van der Waals surface area (Å²) in [5.74, 6) is 0.0559. The van der Waals surface area contributed by atoms with Crippen molar-refractivity contribution < 1.29 is 9.13 Å². The molecule has 2 rings (SSSR count). The predicted molar refractivity (Wildman–Crippen MR) is 89.8 cm³/mol. The standard InChI is InChI=1S/C16H18FN3OS/c1-16(2,3)10-6-4-5-7-12(10)21-14-11(19-15(18)22)8-9-13(17)20-14/h4-9H,1-3H3,(H3,18,19,22). The molecule has 0 radical (unpaired) electrons. The highest BCUT2D eigenvalue weighted by molar-refractivity contribution is 7.80. The number of thiocarbonyl (C=S) groups is 1. The molecule has 22 heavy (non-hydrogen) atoms. The highest BCUT2D eigenvalue weighted by Crippen LogP contribution is 2.35. The van der Waals surface area contributed by atoms with Gasteiger partial charge in [0.1, 0.15) is 11.4 Å². The number of nitrogens with zero attached hydrogens (tertiary/aromatic N) is 1. The van der Waals surface area contributed by atoms with Crippen LogP contribution in [0.15, 0.2) is 36.4 Å². The zero-order valence-corrected chi connectivity index (χ0v) is 13.5. The molecule has 1 heterocycles. The van der Waals surface area contributed by atoms with Gasteiger partial charge in [-0.3, -0.25) is 0 Å². The van der Waals surface area contributed by atoms with Crippen LogP contribution in [0.1, 0.15) is 26.3 Å². The van der Waals surface area contributed by atoms with E-state index in [2.05, 4.69) is 31.1 Å². The average Bonchev–Trinajstić information content (AvgIpc) is 2.41. The number of hydrogen-bond acceptors (Lipinski definition) is 3. The van der Waals surface area contributed by atoms with Gasteiger partial charge in [0.25, 0.3) is 0 Å². The Hall–Kier alpha value is -2.21. The number of para-hydroxylation sites is 1. The third-order valence-corrected chi connectivity index (χ3v) is 3.09. The highest BCUT2D eigenvalue weighted by atomic mass is 32.1. The molecule has 0 aliphatic carbocycles. The van der Waals surface area contributed by atoms with Crippen LogP contribution in [0, 0.1) is 5.95 Å². The fraction of sp³-hybridized carbons (Fsp3) is 0.250. The van der Waals surface area contributed by atoms with Gasteiger partial charge in [0.05, 0.1) is 0 Å². The maximum atomic E-state index is 13.4. The molecule has 0 aliphatic rings. The lowest BCUT2D eigenvalue weighted by atomic mass is 9.86. The second-order valence-electron chi connectivity index (χ2n) is 5.82. The van der Waals surface area contributed by atoms with Gasteiger partial charge in [0.15, 0.2) is 5.11 Å². The van der Waals surface area contributed by atoms with Crippen molar-refractivity contribution in [2.45, 2.75) is 26.2 Å². The molecule has 2 aromatic rings. The molecule has 1 aromatic heterocycles. The first-order valence-corrected chi connectivity index (χ1v) is 7.18. The molecule has 0 saturated carbocycles. The number of halogens is 1. The molecule has 6 heteroatoms. The second-order valence-corrected chi connectivity index (χ2v) is 6.26. The quantitative estimate of drug-likeness (QED) is 0.662. The Morgan fingerprint density at radius 1 is 1.23 bits per heavy atom. The summed E-state index contributed by atoms with van der Waals surface area (Å²) in [5.41, 5.74) is 6.75. The number of ether oxygens (including phenoxy) is 1. The number of benzene rings is 1. The lowest BCUT2D eigenvalue weighted by molar-refractivity contribution is 0.429. The second kappa shape index (κ2) is 6.27. The van der Waals surface area contributed by atoms with Crippen molar-refractivity contribution in [2.75, 3.05) is 5.32 Å². The normalized spacial score (nSPS) is 11.1. The van der Waals surface area contributed by atoms with Gasteiger partial charge in [-0.1, -0.05) is 39.0 Å². The number of hydrogen-bond donors (Lipinski definition) is 2. The summed E-state index contributed by atoms with van der Waals surface area (Å²) >= 11 is 4.81. The van der Waals surface area contributed by atoms with Gasteiger partial charge in [-0.25, -0.2) is 0 Å². The van der Waals surface area contributed by atoms with Crippen LogP contribution in [-0.4, -0.2) is 10.1 Å². The minimum absolute atomic E-state index is 0.0577. The Balaban J connectivity index is 2.43. The fourth-order valence-corrected chi connectivity index (χ4v) is 2.11. The van der Waals surface area contributed by atoms with Gasteiger partial charge >= 0.3 is 0 Å². The molecule has 116 valence electrons. The van der Waals surface area contributed by atoms with E-state index in [-0.39, 0.29) is 16.4 Å². The Kier molecular flexibility index (Phi) is 4.61. The SMILES string of the molecule is CC(C)(C)c1ccccc1Oc1nc(F)ccc1NC(N)=S. The van der Waals surface area contributed by atoms with Crippen LogP contribution in [0.2, 0.25) is 0 Å². The van der Waals surface area contributed by atoms with Crippen molar-refractivity contribution in [3.63, 3.8) is 0 Å². The lowest BCUT2D eigenvalue weighted by Crippen LogP contribution is -2.19. The molecule has 3 N–H and O–H groups in total. The molecule has 0 saturated heterocycles. The van der Waals surface area contributed by atoms with Crippen molar-refractivity contribution in [2.24, 2.45) is 5.73 Å².